The van der Waals surface area contributed by atoms with Crippen molar-refractivity contribution in [2.75, 3.05) is 44.2 Å². The Labute approximate surface area is 146 Å². The molecule has 0 unspecified atom stereocenters. The number of anilines is 1. The monoisotopic (exact) mass is 333 g/mol. The number of halogens is 1. The van der Waals surface area contributed by atoms with Crippen LogP contribution in [-0.2, 0) is 0 Å². The summed E-state index contributed by atoms with van der Waals surface area (Å²) in [7, 11) is 0. The van der Waals surface area contributed by atoms with Gasteiger partial charge in [0.15, 0.2) is 0 Å². The summed E-state index contributed by atoms with van der Waals surface area (Å²) in [6.45, 7) is 11.5. The van der Waals surface area contributed by atoms with Gasteiger partial charge in [0.05, 0.1) is 0 Å². The third-order valence-electron chi connectivity index (χ3n) is 5.91. The molecular weight excluding hydrogens is 301 g/mol. The molecule has 0 amide bonds. The zero-order valence-corrected chi connectivity index (χ0v) is 15.3. The molecule has 1 atom stereocenters. The highest BCUT2D eigenvalue weighted by Gasteiger charge is 2.30. The molecule has 134 valence electrons. The van der Waals surface area contributed by atoms with Crippen LogP contribution in [0.15, 0.2) is 24.3 Å². The topological polar surface area (TPSA) is 9.72 Å². The van der Waals surface area contributed by atoms with Crippen LogP contribution in [0.4, 0.5) is 10.1 Å². The van der Waals surface area contributed by atoms with E-state index in [4.69, 9.17) is 0 Å². The first-order chi connectivity index (χ1) is 11.7. The average molecular weight is 333 g/mol. The molecule has 2 saturated heterocycles. The summed E-state index contributed by atoms with van der Waals surface area (Å²) >= 11 is 0. The number of piperidine rings is 1. The van der Waals surface area contributed by atoms with Crippen molar-refractivity contribution < 1.29 is 4.39 Å². The third kappa shape index (κ3) is 4.09. The van der Waals surface area contributed by atoms with E-state index in [0.717, 1.165) is 44.0 Å². The zero-order valence-electron chi connectivity index (χ0n) is 15.3. The highest BCUT2D eigenvalue weighted by atomic mass is 19.1. The molecule has 0 aliphatic carbocycles. The van der Waals surface area contributed by atoms with E-state index in [0.29, 0.717) is 0 Å². The molecule has 2 aliphatic rings. The Kier molecular flexibility index (Phi) is 6.12. The van der Waals surface area contributed by atoms with Crippen LogP contribution in [0.2, 0.25) is 0 Å². The minimum atomic E-state index is -0.152. The molecule has 3 nitrogen and oxygen atoms in total. The SMILES string of the molecule is CCC(CC)N1CCC[C@H](N2CCN(c3ccc(F)cc3)CC2)C1. The second kappa shape index (κ2) is 8.30. The summed E-state index contributed by atoms with van der Waals surface area (Å²) < 4.78 is 13.1. The van der Waals surface area contributed by atoms with Gasteiger partial charge in [0.2, 0.25) is 0 Å². The van der Waals surface area contributed by atoms with Gasteiger partial charge in [-0.3, -0.25) is 9.80 Å². The lowest BCUT2D eigenvalue weighted by atomic mass is 9.99. The molecule has 2 fully saturated rings. The van der Waals surface area contributed by atoms with Gasteiger partial charge in [-0.15, -0.1) is 0 Å². The van der Waals surface area contributed by atoms with Gasteiger partial charge in [-0.05, 0) is 56.5 Å². The van der Waals surface area contributed by atoms with Gasteiger partial charge < -0.3 is 4.90 Å². The van der Waals surface area contributed by atoms with Crippen molar-refractivity contribution in [1.82, 2.24) is 9.80 Å². The summed E-state index contributed by atoms with van der Waals surface area (Å²) in [5, 5.41) is 0. The first-order valence-electron chi connectivity index (χ1n) is 9.69. The fourth-order valence-corrected chi connectivity index (χ4v) is 4.42. The van der Waals surface area contributed by atoms with Gasteiger partial charge in [0, 0.05) is 50.5 Å². The van der Waals surface area contributed by atoms with E-state index in [9.17, 15) is 4.39 Å². The first-order valence-corrected chi connectivity index (χ1v) is 9.69. The number of benzene rings is 1. The van der Waals surface area contributed by atoms with Crippen LogP contribution in [-0.4, -0.2) is 61.2 Å². The maximum atomic E-state index is 13.1. The van der Waals surface area contributed by atoms with Crippen molar-refractivity contribution in [3.8, 4) is 0 Å². The molecular formula is C20H32FN3. The van der Waals surface area contributed by atoms with E-state index in [1.807, 2.05) is 12.1 Å². The Morgan fingerprint density at radius 1 is 1.00 bits per heavy atom. The third-order valence-corrected chi connectivity index (χ3v) is 5.91. The fraction of sp³-hybridized carbons (Fsp3) is 0.700. The number of piperazine rings is 1. The normalized spacial score (nSPS) is 23.8. The Morgan fingerprint density at radius 3 is 2.29 bits per heavy atom. The fourth-order valence-electron chi connectivity index (χ4n) is 4.42. The van der Waals surface area contributed by atoms with E-state index < -0.39 is 0 Å². The number of likely N-dealkylation sites (tertiary alicyclic amines) is 1. The highest BCUT2D eigenvalue weighted by molar-refractivity contribution is 5.46. The van der Waals surface area contributed by atoms with Crippen molar-refractivity contribution in [3.05, 3.63) is 30.1 Å². The molecule has 0 aromatic heterocycles. The standard InChI is InChI=1S/C20H32FN3/c1-3-18(4-2)24-11-5-6-20(16-24)23-14-12-22(13-15-23)19-9-7-17(21)8-10-19/h7-10,18,20H,3-6,11-16H2,1-2H3/t20-/m0/s1. The van der Waals surface area contributed by atoms with E-state index >= 15 is 0 Å². The molecule has 4 heteroatoms. The molecule has 24 heavy (non-hydrogen) atoms. The first kappa shape index (κ1) is 17.7. The second-order valence-corrected chi connectivity index (χ2v) is 7.26. The van der Waals surface area contributed by atoms with Gasteiger partial charge in [-0.2, -0.15) is 0 Å². The quantitative estimate of drug-likeness (QED) is 0.815. The molecule has 2 heterocycles. The van der Waals surface area contributed by atoms with Crippen LogP contribution in [0.3, 0.4) is 0 Å². The Bertz CT molecular complexity index is 492. The molecule has 3 rings (SSSR count). The molecule has 1 aromatic rings. The van der Waals surface area contributed by atoms with Gasteiger partial charge in [0.1, 0.15) is 5.82 Å². The Balaban J connectivity index is 1.53. The van der Waals surface area contributed by atoms with Crippen molar-refractivity contribution in [1.29, 1.82) is 0 Å². The smallest absolute Gasteiger partial charge is 0.123 e. The largest absolute Gasteiger partial charge is 0.369 e. The van der Waals surface area contributed by atoms with Crippen molar-refractivity contribution in [3.63, 3.8) is 0 Å². The van der Waals surface area contributed by atoms with Gasteiger partial charge in [-0.25, -0.2) is 4.39 Å². The summed E-state index contributed by atoms with van der Waals surface area (Å²) in [4.78, 5) is 7.80. The predicted octanol–water partition coefficient (Wildman–Crippen LogP) is 3.60. The predicted molar refractivity (Wildman–Crippen MR) is 99.2 cm³/mol. The van der Waals surface area contributed by atoms with Crippen LogP contribution in [0.25, 0.3) is 0 Å². The number of hydrogen-bond acceptors (Lipinski definition) is 3. The summed E-state index contributed by atoms with van der Waals surface area (Å²) in [6.07, 6.45) is 5.20. The van der Waals surface area contributed by atoms with Crippen LogP contribution >= 0.6 is 0 Å². The van der Waals surface area contributed by atoms with Crippen molar-refractivity contribution in [2.45, 2.75) is 51.6 Å². The van der Waals surface area contributed by atoms with Crippen LogP contribution < -0.4 is 4.90 Å². The highest BCUT2D eigenvalue weighted by Crippen LogP contribution is 2.23. The van der Waals surface area contributed by atoms with E-state index in [1.165, 1.54) is 38.8 Å². The molecule has 0 spiro atoms. The van der Waals surface area contributed by atoms with Crippen LogP contribution in [0, 0.1) is 5.82 Å². The van der Waals surface area contributed by atoms with Gasteiger partial charge >= 0.3 is 0 Å². The van der Waals surface area contributed by atoms with E-state index in [1.54, 1.807) is 12.1 Å². The number of hydrogen-bond donors (Lipinski definition) is 0. The molecule has 0 saturated carbocycles. The van der Waals surface area contributed by atoms with Crippen LogP contribution in [0.5, 0.6) is 0 Å². The van der Waals surface area contributed by atoms with Crippen LogP contribution in [0.1, 0.15) is 39.5 Å². The Morgan fingerprint density at radius 2 is 1.67 bits per heavy atom. The average Bonchev–Trinajstić information content (AvgIpc) is 2.64. The van der Waals surface area contributed by atoms with Gasteiger partial charge in [-0.1, -0.05) is 13.8 Å². The molecule has 0 bridgehead atoms. The lowest BCUT2D eigenvalue weighted by Crippen LogP contribution is -2.56. The lowest BCUT2D eigenvalue weighted by molar-refractivity contribution is 0.0646. The maximum Gasteiger partial charge on any atom is 0.123 e. The molecule has 0 radical (unpaired) electrons. The molecule has 2 aliphatic heterocycles. The van der Waals surface area contributed by atoms with Crippen molar-refractivity contribution in [2.24, 2.45) is 0 Å². The number of rotatable bonds is 5. The van der Waals surface area contributed by atoms with E-state index in [-0.39, 0.29) is 5.82 Å². The minimum Gasteiger partial charge on any atom is -0.369 e. The zero-order chi connectivity index (χ0) is 16.9. The Hall–Kier alpha value is -1.13. The lowest BCUT2D eigenvalue weighted by Gasteiger charge is -2.45. The number of nitrogens with zero attached hydrogens (tertiary/aromatic N) is 3. The minimum absolute atomic E-state index is 0.152. The summed E-state index contributed by atoms with van der Waals surface area (Å²) in [6, 6.07) is 8.41. The van der Waals surface area contributed by atoms with Crippen molar-refractivity contribution >= 4 is 5.69 Å². The molecule has 1 aromatic carbocycles. The summed E-state index contributed by atoms with van der Waals surface area (Å²) in [5.74, 6) is -0.152. The maximum absolute atomic E-state index is 13.1. The summed E-state index contributed by atoms with van der Waals surface area (Å²) in [5.41, 5.74) is 1.15. The second-order valence-electron chi connectivity index (χ2n) is 7.26. The van der Waals surface area contributed by atoms with Gasteiger partial charge in [0.25, 0.3) is 0 Å². The molecule has 0 N–H and O–H groups in total. The van der Waals surface area contributed by atoms with E-state index in [2.05, 4.69) is 28.5 Å².